The van der Waals surface area contributed by atoms with Gasteiger partial charge in [-0.25, -0.2) is 0 Å². The van der Waals surface area contributed by atoms with E-state index in [9.17, 15) is 0 Å². The van der Waals surface area contributed by atoms with Crippen LogP contribution in [0.1, 0.15) is 58.3 Å². The average Bonchev–Trinajstić information content (AvgIpc) is 2.16. The Bertz CT molecular complexity index is 96.1. The van der Waals surface area contributed by atoms with Crippen molar-refractivity contribution in [3.63, 3.8) is 0 Å². The van der Waals surface area contributed by atoms with Crippen molar-refractivity contribution in [2.24, 2.45) is 5.73 Å². The number of hydrogen-bond donors (Lipinski definition) is 2. The molecule has 1 atom stereocenters. The molecule has 0 spiro atoms. The van der Waals surface area contributed by atoms with Crippen LogP contribution >= 0.6 is 12.6 Å². The summed E-state index contributed by atoms with van der Waals surface area (Å²) in [5.41, 5.74) is 5.83. The molecule has 1 unspecified atom stereocenters. The molecule has 1 nitrogen and oxygen atoms in total. The van der Waals surface area contributed by atoms with Crippen LogP contribution in [0.5, 0.6) is 0 Å². The van der Waals surface area contributed by atoms with Gasteiger partial charge in [0.1, 0.15) is 0 Å². The zero-order chi connectivity index (χ0) is 9.94. The Labute approximate surface area is 88.9 Å². The standard InChI is InChI=1S/C11H25NS/c1-2-11(12)9-7-5-3-4-6-8-10-13/h11,13H,2-10,12H2,1H3. The zero-order valence-electron chi connectivity index (χ0n) is 8.97. The van der Waals surface area contributed by atoms with Crippen LogP contribution in [0.4, 0.5) is 0 Å². The lowest BCUT2D eigenvalue weighted by Crippen LogP contribution is -2.17. The molecule has 80 valence electrons. The first-order chi connectivity index (χ1) is 6.31. The van der Waals surface area contributed by atoms with Crippen LogP contribution < -0.4 is 5.73 Å². The topological polar surface area (TPSA) is 26.0 Å². The summed E-state index contributed by atoms with van der Waals surface area (Å²) in [6.07, 6.45) is 10.4. The second-order valence-corrected chi connectivity index (χ2v) is 4.25. The molecule has 0 bridgehead atoms. The van der Waals surface area contributed by atoms with E-state index < -0.39 is 0 Å². The summed E-state index contributed by atoms with van der Waals surface area (Å²) < 4.78 is 0. The Balaban J connectivity index is 2.91. The molecule has 0 aromatic heterocycles. The van der Waals surface area contributed by atoms with Gasteiger partial charge >= 0.3 is 0 Å². The second kappa shape index (κ2) is 10.4. The number of rotatable bonds is 9. The lowest BCUT2D eigenvalue weighted by Gasteiger charge is -2.07. The van der Waals surface area contributed by atoms with Crippen molar-refractivity contribution in [1.82, 2.24) is 0 Å². The third-order valence-corrected chi connectivity index (χ3v) is 2.82. The molecule has 0 heterocycles. The Hall–Kier alpha value is 0.310. The molecule has 0 aliphatic carbocycles. The summed E-state index contributed by atoms with van der Waals surface area (Å²) >= 11 is 4.19. The molecule has 0 saturated heterocycles. The van der Waals surface area contributed by atoms with Crippen molar-refractivity contribution in [3.8, 4) is 0 Å². The van der Waals surface area contributed by atoms with E-state index in [2.05, 4.69) is 19.6 Å². The average molecular weight is 203 g/mol. The molecule has 0 rings (SSSR count). The predicted octanol–water partition coefficient (Wildman–Crippen LogP) is 3.38. The first-order valence-electron chi connectivity index (χ1n) is 5.67. The Morgan fingerprint density at radius 3 is 2.08 bits per heavy atom. The first kappa shape index (κ1) is 13.3. The molecular weight excluding hydrogens is 178 g/mol. The molecule has 0 aromatic carbocycles. The maximum absolute atomic E-state index is 5.83. The molecule has 0 fully saturated rings. The van der Waals surface area contributed by atoms with Crippen molar-refractivity contribution in [1.29, 1.82) is 0 Å². The summed E-state index contributed by atoms with van der Waals surface area (Å²) in [6, 6.07) is 0.442. The minimum atomic E-state index is 0.442. The van der Waals surface area contributed by atoms with Crippen molar-refractivity contribution in [3.05, 3.63) is 0 Å². The van der Waals surface area contributed by atoms with Crippen molar-refractivity contribution < 1.29 is 0 Å². The van der Waals surface area contributed by atoms with Gasteiger partial charge in [0.05, 0.1) is 0 Å². The molecule has 2 N–H and O–H groups in total. The van der Waals surface area contributed by atoms with E-state index in [4.69, 9.17) is 5.73 Å². The summed E-state index contributed by atoms with van der Waals surface area (Å²) in [5.74, 6) is 1.04. The molecule has 13 heavy (non-hydrogen) atoms. The molecule has 0 amide bonds. The molecule has 2 heteroatoms. The smallest absolute Gasteiger partial charge is 0.00362 e. The van der Waals surface area contributed by atoms with E-state index in [-0.39, 0.29) is 0 Å². The highest BCUT2D eigenvalue weighted by molar-refractivity contribution is 7.80. The van der Waals surface area contributed by atoms with Crippen molar-refractivity contribution in [2.45, 2.75) is 64.3 Å². The number of thiol groups is 1. The fourth-order valence-corrected chi connectivity index (χ4v) is 1.65. The lowest BCUT2D eigenvalue weighted by atomic mass is 10.1. The van der Waals surface area contributed by atoms with E-state index in [1.54, 1.807) is 0 Å². The van der Waals surface area contributed by atoms with Gasteiger partial charge in [0.15, 0.2) is 0 Å². The van der Waals surface area contributed by atoms with E-state index in [0.29, 0.717) is 6.04 Å². The molecule has 0 aromatic rings. The first-order valence-corrected chi connectivity index (χ1v) is 6.31. The Kier molecular flexibility index (Phi) is 10.6. The third kappa shape index (κ3) is 10.2. The van der Waals surface area contributed by atoms with Crippen LogP contribution in [0.25, 0.3) is 0 Å². The van der Waals surface area contributed by atoms with Crippen LogP contribution in [0.2, 0.25) is 0 Å². The molecule has 0 aliphatic heterocycles. The van der Waals surface area contributed by atoms with Gasteiger partial charge in [-0.05, 0) is 25.0 Å². The number of unbranched alkanes of at least 4 members (excludes halogenated alkanes) is 5. The summed E-state index contributed by atoms with van der Waals surface area (Å²) in [7, 11) is 0. The van der Waals surface area contributed by atoms with Gasteiger partial charge in [-0.1, -0.05) is 39.0 Å². The molecule has 0 saturated carbocycles. The number of hydrogen-bond acceptors (Lipinski definition) is 2. The van der Waals surface area contributed by atoms with Crippen LogP contribution in [0.15, 0.2) is 0 Å². The maximum Gasteiger partial charge on any atom is 0.00362 e. The van der Waals surface area contributed by atoms with Gasteiger partial charge in [0.2, 0.25) is 0 Å². The summed E-state index contributed by atoms with van der Waals surface area (Å²) in [5, 5.41) is 0. The fourth-order valence-electron chi connectivity index (χ4n) is 1.43. The van der Waals surface area contributed by atoms with Gasteiger partial charge in [0.25, 0.3) is 0 Å². The largest absolute Gasteiger partial charge is 0.328 e. The monoisotopic (exact) mass is 203 g/mol. The van der Waals surface area contributed by atoms with Gasteiger partial charge in [-0.15, -0.1) is 0 Å². The van der Waals surface area contributed by atoms with Crippen LogP contribution in [0, 0.1) is 0 Å². The maximum atomic E-state index is 5.83. The Morgan fingerprint density at radius 1 is 1.00 bits per heavy atom. The SMILES string of the molecule is CCC(N)CCCCCCCCS. The molecular formula is C11H25NS. The van der Waals surface area contributed by atoms with Gasteiger partial charge in [-0.3, -0.25) is 0 Å². The van der Waals surface area contributed by atoms with Crippen LogP contribution in [0.3, 0.4) is 0 Å². The van der Waals surface area contributed by atoms with E-state index in [0.717, 1.165) is 12.2 Å². The number of nitrogens with two attached hydrogens (primary N) is 1. The minimum absolute atomic E-state index is 0.442. The molecule has 0 radical (unpaired) electrons. The molecule has 0 aliphatic rings. The zero-order valence-corrected chi connectivity index (χ0v) is 9.86. The lowest BCUT2D eigenvalue weighted by molar-refractivity contribution is 0.526. The highest BCUT2D eigenvalue weighted by Crippen LogP contribution is 2.09. The van der Waals surface area contributed by atoms with Crippen LogP contribution in [-0.2, 0) is 0 Å². The fraction of sp³-hybridized carbons (Fsp3) is 1.00. The quantitative estimate of drug-likeness (QED) is 0.436. The van der Waals surface area contributed by atoms with Crippen molar-refractivity contribution >= 4 is 12.6 Å². The van der Waals surface area contributed by atoms with E-state index >= 15 is 0 Å². The van der Waals surface area contributed by atoms with Gasteiger partial charge < -0.3 is 5.73 Å². The highest BCUT2D eigenvalue weighted by Gasteiger charge is 1.97. The summed E-state index contributed by atoms with van der Waals surface area (Å²) in [4.78, 5) is 0. The third-order valence-electron chi connectivity index (χ3n) is 2.51. The predicted molar refractivity (Wildman–Crippen MR) is 64.4 cm³/mol. The van der Waals surface area contributed by atoms with E-state index in [1.165, 1.54) is 44.9 Å². The minimum Gasteiger partial charge on any atom is -0.328 e. The normalized spacial score (nSPS) is 13.2. The van der Waals surface area contributed by atoms with Gasteiger partial charge in [-0.2, -0.15) is 12.6 Å². The van der Waals surface area contributed by atoms with E-state index in [1.807, 2.05) is 0 Å². The second-order valence-electron chi connectivity index (χ2n) is 3.80. The summed E-state index contributed by atoms with van der Waals surface area (Å²) in [6.45, 7) is 2.16. The van der Waals surface area contributed by atoms with Gasteiger partial charge in [0, 0.05) is 6.04 Å². The van der Waals surface area contributed by atoms with Crippen molar-refractivity contribution in [2.75, 3.05) is 5.75 Å². The Morgan fingerprint density at radius 2 is 1.54 bits per heavy atom. The van der Waals surface area contributed by atoms with Crippen LogP contribution in [-0.4, -0.2) is 11.8 Å². The highest BCUT2D eigenvalue weighted by atomic mass is 32.1.